The van der Waals surface area contributed by atoms with Crippen molar-refractivity contribution in [2.45, 2.75) is 6.92 Å². The average molecular weight is 272 g/mol. The van der Waals surface area contributed by atoms with E-state index in [9.17, 15) is 25.2 Å². The fraction of sp³-hybridized carbons (Fsp3) is 0.143. The van der Waals surface area contributed by atoms with Crippen molar-refractivity contribution in [1.82, 2.24) is 0 Å². The number of hydrogen-bond donors (Lipinski definition) is 0. The molecule has 0 saturated heterocycles. The molecule has 0 aliphatic carbocycles. The van der Waals surface area contributed by atoms with Gasteiger partial charge < -0.3 is 0 Å². The van der Waals surface area contributed by atoms with Crippen molar-refractivity contribution >= 4 is 21.3 Å². The minimum atomic E-state index is -10.7. The van der Waals surface area contributed by atoms with Gasteiger partial charge >= 0.3 is 34.4 Å². The van der Waals surface area contributed by atoms with Crippen molar-refractivity contribution in [3.8, 4) is 0 Å². The normalized spacial score (nSPS) is 14.9. The first kappa shape index (κ1) is 17.0. The zero-order valence-corrected chi connectivity index (χ0v) is 9.50. The molecule has 0 aromatic heterocycles. The molecule has 1 rings (SSSR count). The summed E-state index contributed by atoms with van der Waals surface area (Å²) in [6.07, 6.45) is 0. The van der Waals surface area contributed by atoms with E-state index < -0.39 is 7.81 Å². The number of benzene rings is 1. The van der Waals surface area contributed by atoms with Gasteiger partial charge in [-0.1, -0.05) is 35.9 Å². The van der Waals surface area contributed by atoms with Crippen LogP contribution in [0.2, 0.25) is 0 Å². The van der Waals surface area contributed by atoms with Crippen LogP contribution in [0.25, 0.3) is 0 Å². The molecule has 0 fully saturated rings. The van der Waals surface area contributed by atoms with Gasteiger partial charge in [0, 0.05) is 0 Å². The average Bonchev–Trinajstić information content (AvgIpc) is 1.81. The Bertz CT molecular complexity index is 284. The predicted octanol–water partition coefficient (Wildman–Crippen LogP) is 5.60. The molecule has 0 spiro atoms. The molecule has 0 N–H and O–H groups in total. The molecular weight excluding hydrogens is 261 g/mol. The van der Waals surface area contributed by atoms with Crippen LogP contribution < -0.4 is 0 Å². The Labute approximate surface area is 91.5 Å². The molecule has 0 saturated carbocycles. The second-order valence-corrected chi connectivity index (χ2v) is 4.53. The van der Waals surface area contributed by atoms with E-state index >= 15 is 0 Å². The van der Waals surface area contributed by atoms with Crippen molar-refractivity contribution in [2.24, 2.45) is 0 Å². The van der Waals surface area contributed by atoms with Crippen LogP contribution in [-0.2, 0) is 0 Å². The van der Waals surface area contributed by atoms with E-state index in [1.165, 1.54) is 5.56 Å². The summed E-state index contributed by atoms with van der Waals surface area (Å²) in [5.41, 5.74) is 1.32. The van der Waals surface area contributed by atoms with Crippen molar-refractivity contribution < 1.29 is 26.6 Å². The smallest absolute Gasteiger partial charge is 0.197 e. The summed E-state index contributed by atoms with van der Waals surface area (Å²) >= 11 is 0. The van der Waals surface area contributed by atoms with Crippen LogP contribution in [-0.4, -0.2) is 0 Å². The molecule has 1 aromatic carbocycles. The molecule has 92 valence electrons. The van der Waals surface area contributed by atoms with Crippen LogP contribution in [0.15, 0.2) is 30.3 Å². The summed E-state index contributed by atoms with van der Waals surface area (Å²) in [5, 5.41) is 0. The van der Waals surface area contributed by atoms with Gasteiger partial charge in [0.1, 0.15) is 0 Å². The monoisotopic (exact) mass is 272 g/mol. The molecule has 0 nitrogen and oxygen atoms in total. The van der Waals surface area contributed by atoms with Gasteiger partial charge in [0.15, 0.2) is 0 Å². The first-order valence-electron chi connectivity index (χ1n) is 3.42. The first-order valence-corrected chi connectivity index (χ1v) is 5.45. The largest absolute Gasteiger partial charge is 1.00 e. The zero-order valence-electron chi connectivity index (χ0n) is 8.60. The van der Waals surface area contributed by atoms with Crippen LogP contribution in [0.5, 0.6) is 0 Å². The second-order valence-electron chi connectivity index (χ2n) is 2.61. The van der Waals surface area contributed by atoms with E-state index in [1.807, 2.05) is 18.2 Å². The predicted molar refractivity (Wildman–Crippen MR) is 56.2 cm³/mol. The molecule has 0 aliphatic rings. The Morgan fingerprint density at radius 1 is 0.867 bits per heavy atom. The molecule has 15 heavy (non-hydrogen) atoms. The van der Waals surface area contributed by atoms with Crippen molar-refractivity contribution in [3.05, 3.63) is 35.9 Å². The summed E-state index contributed by atoms with van der Waals surface area (Å²) in [6.45, 7) is 2.08. The molecule has 0 aliphatic heterocycles. The van der Waals surface area contributed by atoms with Crippen LogP contribution in [0.3, 0.4) is 0 Å². The van der Waals surface area contributed by atoms with Crippen LogP contribution in [0.4, 0.5) is 25.2 Å². The summed E-state index contributed by atoms with van der Waals surface area (Å²) in [5.74, 6) is 0. The Kier molecular flexibility index (Phi) is 4.77. The Hall–Kier alpha value is -0.420. The third kappa shape index (κ3) is 31.7. The molecule has 0 atom stereocenters. The summed E-state index contributed by atoms with van der Waals surface area (Å²) in [6, 6.07) is 10.3. The van der Waals surface area contributed by atoms with Gasteiger partial charge in [0.05, 0.1) is 0 Å². The van der Waals surface area contributed by atoms with E-state index in [4.69, 9.17) is 0 Å². The zero-order chi connectivity index (χ0) is 11.5. The molecule has 8 heteroatoms. The maximum absolute atomic E-state index is 10.7. The second kappa shape index (κ2) is 4.22. The maximum Gasteiger partial charge on any atom is 1.00 e. The fourth-order valence-electron chi connectivity index (χ4n) is 0.534. The SMILES string of the molecule is Cc1ccccc1.F[P-](F)(F)(F)(F)F.S.[H+]. The Morgan fingerprint density at radius 2 is 1.13 bits per heavy atom. The van der Waals surface area contributed by atoms with Crippen molar-refractivity contribution in [3.63, 3.8) is 0 Å². The topological polar surface area (TPSA) is 0 Å². The number of halogens is 6. The molecule has 0 radical (unpaired) electrons. The van der Waals surface area contributed by atoms with Gasteiger partial charge in [0.25, 0.3) is 0 Å². The molecule has 0 unspecified atom stereocenters. The minimum Gasteiger partial charge on any atom is -0.197 e. The van der Waals surface area contributed by atoms with E-state index in [-0.39, 0.29) is 14.9 Å². The van der Waals surface area contributed by atoms with Crippen molar-refractivity contribution in [1.29, 1.82) is 0 Å². The van der Waals surface area contributed by atoms with Crippen LogP contribution in [0.1, 0.15) is 6.99 Å². The minimum absolute atomic E-state index is 0. The fourth-order valence-corrected chi connectivity index (χ4v) is 0.534. The van der Waals surface area contributed by atoms with Crippen LogP contribution >= 0.6 is 21.3 Å². The number of aryl methyl sites for hydroxylation is 1. The number of hydrogen-bond acceptors (Lipinski definition) is 0. The molecular formula is C7H11F6PS. The standard InChI is InChI=1S/C7H8.F6P.H2S/c1-7-5-3-2-4-6-7;1-7(2,3,4,5)6;/h2-6H,1H3;;1H2/q;-1;/p+1. The first-order chi connectivity index (χ1) is 5.84. The van der Waals surface area contributed by atoms with Gasteiger partial charge in [-0.2, -0.15) is 13.5 Å². The summed E-state index contributed by atoms with van der Waals surface area (Å²) < 4.78 is 59.2. The third-order valence-electron chi connectivity index (χ3n) is 0.940. The Balaban J connectivity index is -0.000000188. The molecule has 0 bridgehead atoms. The van der Waals surface area contributed by atoms with E-state index in [0.29, 0.717) is 0 Å². The van der Waals surface area contributed by atoms with E-state index in [2.05, 4.69) is 19.1 Å². The van der Waals surface area contributed by atoms with Gasteiger partial charge in [-0.15, -0.1) is 0 Å². The molecule has 0 amide bonds. The van der Waals surface area contributed by atoms with Crippen LogP contribution in [0, 0.1) is 6.92 Å². The van der Waals surface area contributed by atoms with Gasteiger partial charge in [0.2, 0.25) is 0 Å². The van der Waals surface area contributed by atoms with E-state index in [0.717, 1.165) is 0 Å². The summed E-state index contributed by atoms with van der Waals surface area (Å²) in [7, 11) is -10.7. The van der Waals surface area contributed by atoms with Gasteiger partial charge in [-0.05, 0) is 6.92 Å². The quantitative estimate of drug-likeness (QED) is 0.426. The van der Waals surface area contributed by atoms with Gasteiger partial charge in [-0.3, -0.25) is 0 Å². The summed E-state index contributed by atoms with van der Waals surface area (Å²) in [4.78, 5) is 0. The number of rotatable bonds is 0. The van der Waals surface area contributed by atoms with Gasteiger partial charge in [-0.25, -0.2) is 0 Å². The molecule has 1 aromatic rings. The third-order valence-corrected chi connectivity index (χ3v) is 0.940. The van der Waals surface area contributed by atoms with E-state index in [1.54, 1.807) is 0 Å². The maximum atomic E-state index is 9.87. The molecule has 0 heterocycles. The van der Waals surface area contributed by atoms with Crippen molar-refractivity contribution in [2.75, 3.05) is 0 Å². The Morgan fingerprint density at radius 3 is 1.27 bits per heavy atom.